The van der Waals surface area contributed by atoms with E-state index in [1.54, 1.807) is 0 Å². The zero-order valence-corrected chi connectivity index (χ0v) is 18.4. The minimum absolute atomic E-state index is 0.0396. The van der Waals surface area contributed by atoms with E-state index in [9.17, 15) is 15.0 Å². The Kier molecular flexibility index (Phi) is 5.94. The minimum atomic E-state index is -0.462. The number of hydrogen-bond acceptors (Lipinski definition) is 5. The number of thioether (sulfide) groups is 1. The summed E-state index contributed by atoms with van der Waals surface area (Å²) in [5.74, 6) is 2.86. The number of fused-ring (bicyclic) bond motifs is 5. The zero-order chi connectivity index (χ0) is 20.1. The van der Waals surface area contributed by atoms with Crippen molar-refractivity contribution < 1.29 is 15.0 Å². The third kappa shape index (κ3) is 3.11. The highest BCUT2D eigenvalue weighted by atomic mass is 32.2. The van der Waals surface area contributed by atoms with E-state index in [0.717, 1.165) is 44.4 Å². The summed E-state index contributed by atoms with van der Waals surface area (Å²) in [6, 6.07) is 0. The van der Waals surface area contributed by atoms with Crippen molar-refractivity contribution >= 4 is 17.5 Å². The Labute approximate surface area is 174 Å². The van der Waals surface area contributed by atoms with Gasteiger partial charge in [0, 0.05) is 29.6 Å². The van der Waals surface area contributed by atoms with Crippen LogP contribution in [0.15, 0.2) is 0 Å². The van der Waals surface area contributed by atoms with Crippen LogP contribution in [-0.2, 0) is 4.79 Å². The van der Waals surface area contributed by atoms with Crippen LogP contribution < -0.4 is 5.73 Å². The number of rotatable bonds is 5. The van der Waals surface area contributed by atoms with Crippen LogP contribution in [0, 0.1) is 40.4 Å². The number of aliphatic hydroxyl groups excluding tert-OH is 2. The first-order valence-electron chi connectivity index (χ1n) is 11.5. The molecule has 0 amide bonds. The Morgan fingerprint density at radius 3 is 2.64 bits per heavy atom. The number of hydrogen-bond donors (Lipinski definition) is 3. The maximum absolute atomic E-state index is 12.7. The summed E-state index contributed by atoms with van der Waals surface area (Å²) in [5, 5.41) is 22.4. The second-order valence-corrected chi connectivity index (χ2v) is 12.0. The van der Waals surface area contributed by atoms with E-state index < -0.39 is 6.10 Å². The van der Waals surface area contributed by atoms with E-state index in [0.29, 0.717) is 35.2 Å². The Morgan fingerprint density at radius 1 is 1.14 bits per heavy atom. The van der Waals surface area contributed by atoms with Gasteiger partial charge in [0.2, 0.25) is 0 Å². The highest BCUT2D eigenvalue weighted by molar-refractivity contribution is 7.99. The van der Waals surface area contributed by atoms with Crippen LogP contribution in [0.3, 0.4) is 0 Å². The van der Waals surface area contributed by atoms with E-state index in [1.807, 2.05) is 11.8 Å². The van der Waals surface area contributed by atoms with Gasteiger partial charge in [-0.1, -0.05) is 13.8 Å². The first-order chi connectivity index (χ1) is 13.4. The highest BCUT2D eigenvalue weighted by Gasteiger charge is 2.64. The van der Waals surface area contributed by atoms with Gasteiger partial charge in [-0.25, -0.2) is 0 Å². The van der Waals surface area contributed by atoms with Crippen molar-refractivity contribution in [1.29, 1.82) is 0 Å². The maximum Gasteiger partial charge on any atom is 0.139 e. The molecule has 4 aliphatic rings. The number of carbonyl (C=O) groups excluding carboxylic acids is 1. The quantitative estimate of drug-likeness (QED) is 0.607. The van der Waals surface area contributed by atoms with Crippen molar-refractivity contribution in [3.8, 4) is 0 Å². The van der Waals surface area contributed by atoms with Gasteiger partial charge in [0.25, 0.3) is 0 Å². The van der Waals surface area contributed by atoms with Crippen LogP contribution >= 0.6 is 11.8 Å². The Balaban J connectivity index is 1.60. The maximum atomic E-state index is 12.7. The highest BCUT2D eigenvalue weighted by Crippen LogP contribution is 2.67. The van der Waals surface area contributed by atoms with Crippen molar-refractivity contribution in [1.82, 2.24) is 0 Å². The lowest BCUT2D eigenvalue weighted by Crippen LogP contribution is -2.62. The lowest BCUT2D eigenvalue weighted by Gasteiger charge is -2.64. The predicted octanol–water partition coefficient (Wildman–Crippen LogP) is 3.24. The van der Waals surface area contributed by atoms with Crippen LogP contribution in [0.5, 0.6) is 0 Å². The van der Waals surface area contributed by atoms with E-state index in [4.69, 9.17) is 5.73 Å². The SMILES string of the molecule is C[C@]12CCC(SCCCN)CC1C(CO)C(O)[C@@H]1[C@H]2CC[C@]2(C)C(=O)CC[C@@H]12. The summed E-state index contributed by atoms with van der Waals surface area (Å²) in [4.78, 5) is 12.7. The van der Waals surface area contributed by atoms with E-state index in [1.165, 1.54) is 12.8 Å². The number of aliphatic hydroxyl groups is 2. The molecule has 0 aromatic rings. The molecule has 28 heavy (non-hydrogen) atoms. The minimum Gasteiger partial charge on any atom is -0.396 e. The molecule has 0 bridgehead atoms. The molecule has 160 valence electrons. The lowest BCUT2D eigenvalue weighted by molar-refractivity contribution is -0.195. The molecule has 5 heteroatoms. The summed E-state index contributed by atoms with van der Waals surface area (Å²) in [6.07, 6.45) is 7.82. The fraction of sp³-hybridized carbons (Fsp3) is 0.957. The third-order valence-corrected chi connectivity index (χ3v) is 10.9. The first-order valence-corrected chi connectivity index (χ1v) is 12.6. The van der Waals surface area contributed by atoms with E-state index in [2.05, 4.69) is 13.8 Å². The summed E-state index contributed by atoms with van der Waals surface area (Å²) in [7, 11) is 0. The Bertz CT molecular complexity index is 600. The summed E-state index contributed by atoms with van der Waals surface area (Å²) >= 11 is 2.05. The van der Waals surface area contributed by atoms with Gasteiger partial charge in [-0.05, 0) is 86.3 Å². The average molecular weight is 410 g/mol. The molecule has 9 atom stereocenters. The van der Waals surface area contributed by atoms with Gasteiger partial charge in [0.05, 0.1) is 6.10 Å². The van der Waals surface area contributed by atoms with Crippen molar-refractivity contribution in [2.75, 3.05) is 18.9 Å². The van der Waals surface area contributed by atoms with E-state index in [-0.39, 0.29) is 29.3 Å². The van der Waals surface area contributed by atoms with Crippen LogP contribution in [0.2, 0.25) is 0 Å². The van der Waals surface area contributed by atoms with Gasteiger partial charge < -0.3 is 15.9 Å². The van der Waals surface area contributed by atoms with Gasteiger partial charge in [-0.3, -0.25) is 4.79 Å². The fourth-order valence-corrected chi connectivity index (χ4v) is 9.20. The molecule has 4 saturated carbocycles. The molecule has 0 spiro atoms. The van der Waals surface area contributed by atoms with Crippen LogP contribution in [-0.4, -0.2) is 46.3 Å². The standard InChI is InChI=1S/C23H39NO3S/c1-22-8-6-14(28-11-3-10-24)12-18(22)15(13-25)21(27)20-16-4-5-19(26)23(16,2)9-7-17(20)22/h14-18,20-21,25,27H,3-13,24H2,1-2H3/t14?,15?,16-,17+,18?,20-,21?,22+,23-/m0/s1. The van der Waals surface area contributed by atoms with Crippen molar-refractivity contribution in [2.24, 2.45) is 46.2 Å². The van der Waals surface area contributed by atoms with E-state index >= 15 is 0 Å². The molecule has 0 aromatic carbocycles. The van der Waals surface area contributed by atoms with Crippen LogP contribution in [0.25, 0.3) is 0 Å². The number of ketones is 1. The molecule has 0 aliphatic heterocycles. The van der Waals surface area contributed by atoms with Crippen molar-refractivity contribution in [3.63, 3.8) is 0 Å². The van der Waals surface area contributed by atoms with Gasteiger partial charge in [-0.2, -0.15) is 11.8 Å². The lowest BCUT2D eigenvalue weighted by atomic mass is 9.42. The second kappa shape index (κ2) is 7.86. The molecule has 0 saturated heterocycles. The molecule has 0 radical (unpaired) electrons. The Morgan fingerprint density at radius 2 is 1.93 bits per heavy atom. The summed E-state index contributed by atoms with van der Waals surface area (Å²) in [5.41, 5.74) is 5.62. The number of carbonyl (C=O) groups is 1. The third-order valence-electron chi connectivity index (χ3n) is 9.52. The molecular formula is C23H39NO3S. The summed E-state index contributed by atoms with van der Waals surface area (Å²) < 4.78 is 0. The van der Waals surface area contributed by atoms with Crippen molar-refractivity contribution in [2.45, 2.75) is 76.6 Å². The molecular weight excluding hydrogens is 370 g/mol. The zero-order valence-electron chi connectivity index (χ0n) is 17.6. The summed E-state index contributed by atoms with van der Waals surface area (Å²) in [6.45, 7) is 5.43. The largest absolute Gasteiger partial charge is 0.396 e. The predicted molar refractivity (Wildman–Crippen MR) is 114 cm³/mol. The molecule has 4 aliphatic carbocycles. The van der Waals surface area contributed by atoms with Crippen LogP contribution in [0.1, 0.15) is 65.2 Å². The van der Waals surface area contributed by atoms with Crippen LogP contribution in [0.4, 0.5) is 0 Å². The molecule has 4 N–H and O–H groups in total. The second-order valence-electron chi connectivity index (χ2n) is 10.6. The van der Waals surface area contributed by atoms with Gasteiger partial charge in [0.1, 0.15) is 5.78 Å². The number of nitrogens with two attached hydrogens (primary N) is 1. The van der Waals surface area contributed by atoms with Gasteiger partial charge >= 0.3 is 0 Å². The van der Waals surface area contributed by atoms with Gasteiger partial charge in [-0.15, -0.1) is 0 Å². The Hall–Kier alpha value is -0.100. The normalized spacial score (nSPS) is 50.8. The molecule has 0 heterocycles. The van der Waals surface area contributed by atoms with Gasteiger partial charge in [0.15, 0.2) is 0 Å². The molecule has 4 rings (SSSR count). The van der Waals surface area contributed by atoms with Crippen molar-refractivity contribution in [3.05, 3.63) is 0 Å². The fourth-order valence-electron chi connectivity index (χ4n) is 7.91. The first kappa shape index (κ1) is 21.1. The number of Topliss-reactive ketones (excluding diaryl/α,β-unsaturated/α-hetero) is 1. The molecule has 0 aromatic heterocycles. The topological polar surface area (TPSA) is 83.6 Å². The molecule has 4 fully saturated rings. The monoisotopic (exact) mass is 409 g/mol. The smallest absolute Gasteiger partial charge is 0.139 e. The average Bonchev–Trinajstić information content (AvgIpc) is 2.98. The molecule has 4 unspecified atom stereocenters. The molecule has 4 nitrogen and oxygen atoms in total.